The average molecular weight is 751 g/mol. The zero-order valence-electron chi connectivity index (χ0n) is 27.9. The van der Waals surface area contributed by atoms with Gasteiger partial charge in [0.1, 0.15) is 12.2 Å². The number of benzene rings is 2. The van der Waals surface area contributed by atoms with Crippen LogP contribution >= 0.6 is 31.9 Å². The maximum absolute atomic E-state index is 12.3. The third-order valence-electron chi connectivity index (χ3n) is 10.2. The second-order valence-corrected chi connectivity index (χ2v) is 16.3. The Hall–Kier alpha value is -2.70. The Balaban J connectivity index is 0.000000181. The van der Waals surface area contributed by atoms with Crippen LogP contribution in [0.2, 0.25) is 0 Å². The Morgan fingerprint density at radius 2 is 0.957 bits per heavy atom. The van der Waals surface area contributed by atoms with Crippen molar-refractivity contribution in [2.24, 2.45) is 22.7 Å². The van der Waals surface area contributed by atoms with Gasteiger partial charge in [-0.2, -0.15) is 0 Å². The lowest BCUT2D eigenvalue weighted by Gasteiger charge is -2.41. The van der Waals surface area contributed by atoms with Gasteiger partial charge >= 0.3 is 11.9 Å². The number of hydrogen-bond donors (Lipinski definition) is 0. The van der Waals surface area contributed by atoms with E-state index in [0.29, 0.717) is 23.0 Å². The molecule has 46 heavy (non-hydrogen) atoms. The minimum absolute atomic E-state index is 0.109. The summed E-state index contributed by atoms with van der Waals surface area (Å²) in [5.41, 5.74) is 7.34. The molecule has 0 heterocycles. The fraction of sp³-hybridized carbons (Fsp3) is 0.450. The highest BCUT2D eigenvalue weighted by Gasteiger charge is 2.38. The molecular weight excluding hydrogens is 704 g/mol. The number of rotatable bonds is 4. The molecule has 0 radical (unpaired) electrons. The molecule has 0 aromatic heterocycles. The summed E-state index contributed by atoms with van der Waals surface area (Å²) in [6.45, 7) is 13.6. The van der Waals surface area contributed by atoms with E-state index in [0.717, 1.165) is 47.5 Å². The van der Waals surface area contributed by atoms with Crippen molar-refractivity contribution in [2.45, 2.75) is 92.3 Å². The predicted octanol–water partition coefficient (Wildman–Crippen LogP) is 11.4. The third kappa shape index (κ3) is 8.05. The normalized spacial score (nSPS) is 25.9. The van der Waals surface area contributed by atoms with E-state index >= 15 is 0 Å². The summed E-state index contributed by atoms with van der Waals surface area (Å²) in [6.07, 6.45) is 15.0. The highest BCUT2D eigenvalue weighted by Crippen LogP contribution is 2.49. The van der Waals surface area contributed by atoms with Crippen LogP contribution in [-0.4, -0.2) is 24.1 Å². The van der Waals surface area contributed by atoms with E-state index in [-0.39, 0.29) is 35.0 Å². The molecule has 0 saturated heterocycles. The molecule has 0 saturated carbocycles. The number of carbonyl (C=O) groups excluding carboxylic acids is 2. The number of hydrogen-bond acceptors (Lipinski definition) is 4. The van der Waals surface area contributed by atoms with Gasteiger partial charge in [-0.1, -0.05) is 94.0 Å². The summed E-state index contributed by atoms with van der Waals surface area (Å²) >= 11 is 6.76. The molecule has 2 aromatic carbocycles. The van der Waals surface area contributed by atoms with Crippen molar-refractivity contribution in [2.75, 3.05) is 0 Å². The standard InChI is InChI=1S/2C20H23BrO2/c2*1-13-10-11-20(2,3)18-12-16(8-9-17(13)18)23-19(22)14-4-6-15(21)7-5-14/h2*4-7,10,12,16-17H,8-9,11H2,1-3H3/t2*16-,17-/m10/s1. The first-order valence-electron chi connectivity index (χ1n) is 16.4. The Morgan fingerprint density at radius 3 is 1.30 bits per heavy atom. The van der Waals surface area contributed by atoms with Gasteiger partial charge in [-0.05, 0) is 124 Å². The third-order valence-corrected chi connectivity index (χ3v) is 11.2. The summed E-state index contributed by atoms with van der Waals surface area (Å²) < 4.78 is 13.4. The van der Waals surface area contributed by atoms with Crippen molar-refractivity contribution >= 4 is 43.8 Å². The summed E-state index contributed by atoms with van der Waals surface area (Å²) in [5.74, 6) is 0.583. The van der Waals surface area contributed by atoms with Crippen LogP contribution in [0.25, 0.3) is 0 Å². The maximum atomic E-state index is 12.3. The second kappa shape index (κ2) is 14.2. The van der Waals surface area contributed by atoms with Crippen LogP contribution in [0.15, 0.2) is 104 Å². The predicted molar refractivity (Wildman–Crippen MR) is 193 cm³/mol. The van der Waals surface area contributed by atoms with E-state index in [1.54, 1.807) is 24.3 Å². The molecule has 0 fully saturated rings. The number of halogens is 2. The van der Waals surface area contributed by atoms with E-state index in [1.807, 2.05) is 24.3 Å². The van der Waals surface area contributed by atoms with Crippen LogP contribution < -0.4 is 0 Å². The molecule has 0 spiro atoms. The van der Waals surface area contributed by atoms with Crippen molar-refractivity contribution in [3.63, 3.8) is 0 Å². The quantitative estimate of drug-likeness (QED) is 0.231. The first-order chi connectivity index (χ1) is 21.7. The molecule has 4 aliphatic carbocycles. The fourth-order valence-electron chi connectivity index (χ4n) is 7.23. The van der Waals surface area contributed by atoms with E-state index < -0.39 is 0 Å². The average Bonchev–Trinajstić information content (AvgIpc) is 3.02. The van der Waals surface area contributed by atoms with Crippen LogP contribution in [0.5, 0.6) is 0 Å². The van der Waals surface area contributed by atoms with Gasteiger partial charge in [-0.15, -0.1) is 0 Å². The van der Waals surface area contributed by atoms with Gasteiger partial charge in [-0.3, -0.25) is 0 Å². The van der Waals surface area contributed by atoms with Gasteiger partial charge in [0.05, 0.1) is 11.1 Å². The molecule has 4 atom stereocenters. The van der Waals surface area contributed by atoms with Gasteiger partial charge in [0.15, 0.2) is 0 Å². The van der Waals surface area contributed by atoms with Gasteiger partial charge in [0.2, 0.25) is 0 Å². The lowest BCUT2D eigenvalue weighted by Crippen LogP contribution is -2.32. The van der Waals surface area contributed by atoms with Crippen molar-refractivity contribution in [1.29, 1.82) is 0 Å². The Bertz CT molecular complexity index is 1450. The number of carbonyl (C=O) groups is 2. The minimum Gasteiger partial charge on any atom is -0.455 e. The second-order valence-electron chi connectivity index (χ2n) is 14.5. The molecule has 4 nitrogen and oxygen atoms in total. The Labute approximate surface area is 291 Å². The molecule has 2 aromatic rings. The fourth-order valence-corrected chi connectivity index (χ4v) is 7.76. The molecule has 4 aliphatic rings. The largest absolute Gasteiger partial charge is 0.455 e. The maximum Gasteiger partial charge on any atom is 0.338 e. The monoisotopic (exact) mass is 748 g/mol. The van der Waals surface area contributed by atoms with Crippen LogP contribution in [0.4, 0.5) is 0 Å². The summed E-state index contributed by atoms with van der Waals surface area (Å²) in [6, 6.07) is 14.6. The first-order valence-corrected chi connectivity index (χ1v) is 18.0. The van der Waals surface area contributed by atoms with Gasteiger partial charge in [0.25, 0.3) is 0 Å². The zero-order valence-corrected chi connectivity index (χ0v) is 31.0. The highest BCUT2D eigenvalue weighted by molar-refractivity contribution is 9.10. The van der Waals surface area contributed by atoms with Crippen LogP contribution in [-0.2, 0) is 9.47 Å². The van der Waals surface area contributed by atoms with Crippen molar-refractivity contribution in [3.05, 3.63) is 115 Å². The molecule has 0 N–H and O–H groups in total. The van der Waals surface area contributed by atoms with E-state index in [9.17, 15) is 9.59 Å². The van der Waals surface area contributed by atoms with Gasteiger partial charge in [-0.25, -0.2) is 9.59 Å². The Kier molecular flexibility index (Phi) is 10.7. The van der Waals surface area contributed by atoms with E-state index in [2.05, 4.69) is 97.7 Å². The lowest BCUT2D eigenvalue weighted by atomic mass is 9.65. The molecule has 0 bridgehead atoms. The SMILES string of the molecule is CC1=CCC(C)(C)C2=C[C@@H](OC(=O)c3ccc(Br)cc3)CC[C@@H]12.CC1=CCC(C)(C)C2=C[C@H](OC(=O)c3ccc(Br)cc3)CC[C@H]12. The summed E-state index contributed by atoms with van der Waals surface area (Å²) in [4.78, 5) is 24.7. The first kappa shape index (κ1) is 34.6. The van der Waals surface area contributed by atoms with Crippen molar-refractivity contribution in [3.8, 4) is 0 Å². The number of allylic oxidation sites excluding steroid dienone is 6. The van der Waals surface area contributed by atoms with Gasteiger partial charge in [0, 0.05) is 20.8 Å². The van der Waals surface area contributed by atoms with Crippen molar-refractivity contribution < 1.29 is 19.1 Å². The molecular formula is C40H46Br2O4. The molecule has 0 aliphatic heterocycles. The number of ether oxygens (including phenoxy) is 2. The molecule has 244 valence electrons. The van der Waals surface area contributed by atoms with Gasteiger partial charge < -0.3 is 9.47 Å². The summed E-state index contributed by atoms with van der Waals surface area (Å²) in [5, 5.41) is 0. The lowest BCUT2D eigenvalue weighted by molar-refractivity contribution is 0.0342. The van der Waals surface area contributed by atoms with E-state index in [4.69, 9.17) is 9.47 Å². The molecule has 6 heteroatoms. The smallest absolute Gasteiger partial charge is 0.338 e. The topological polar surface area (TPSA) is 52.6 Å². The molecule has 0 unspecified atom stereocenters. The number of fused-ring (bicyclic) bond motifs is 2. The number of esters is 2. The van der Waals surface area contributed by atoms with Crippen LogP contribution in [0, 0.1) is 22.7 Å². The van der Waals surface area contributed by atoms with Crippen LogP contribution in [0.3, 0.4) is 0 Å². The zero-order chi connectivity index (χ0) is 33.2. The van der Waals surface area contributed by atoms with Crippen molar-refractivity contribution in [1.82, 2.24) is 0 Å². The van der Waals surface area contributed by atoms with E-state index in [1.165, 1.54) is 22.3 Å². The van der Waals surface area contributed by atoms with Crippen LogP contribution in [0.1, 0.15) is 101 Å². The molecule has 0 amide bonds. The minimum atomic E-state index is -0.237. The molecule has 6 rings (SSSR count). The summed E-state index contributed by atoms with van der Waals surface area (Å²) in [7, 11) is 0. The highest BCUT2D eigenvalue weighted by atomic mass is 79.9. The Morgan fingerprint density at radius 1 is 0.609 bits per heavy atom.